The van der Waals surface area contributed by atoms with Crippen LogP contribution in [0.1, 0.15) is 27.7 Å². The first-order chi connectivity index (χ1) is 24.5. The Bertz CT molecular complexity index is 2210. The normalized spacial score (nSPS) is 12.0. The van der Waals surface area contributed by atoms with E-state index in [1.54, 1.807) is 0 Å². The highest BCUT2D eigenvalue weighted by Gasteiger charge is 2.38. The first-order valence-corrected chi connectivity index (χ1v) is 20.3. The predicted molar refractivity (Wildman–Crippen MR) is 217 cm³/mol. The number of benzene rings is 7. The zero-order chi connectivity index (χ0) is 34.7. The fourth-order valence-electron chi connectivity index (χ4n) is 7.14. The summed E-state index contributed by atoms with van der Waals surface area (Å²) in [5.41, 5.74) is 2.12. The van der Waals surface area contributed by atoms with E-state index < -0.39 is 6.34 Å². The molecule has 0 saturated carbocycles. The molecule has 7 rings (SSSR count). The smallest absolute Gasteiger partial charge is 0.142 e. The maximum atomic E-state index is 7.22. The third-order valence-corrected chi connectivity index (χ3v) is 15.2. The summed E-state index contributed by atoms with van der Waals surface area (Å²) in [7, 11) is 0. The van der Waals surface area contributed by atoms with Gasteiger partial charge in [0.05, 0.1) is 5.30 Å². The van der Waals surface area contributed by atoms with Crippen molar-refractivity contribution in [2.45, 2.75) is 27.7 Å². The summed E-state index contributed by atoms with van der Waals surface area (Å²) in [5.74, 6) is 3.03. The minimum absolute atomic E-state index is 0.726. The minimum Gasteiger partial charge on any atom is -0.456 e. The van der Waals surface area contributed by atoms with Gasteiger partial charge in [-0.05, 0) is 56.9 Å². The number of hydrogen-bond donors (Lipinski definition) is 0. The summed E-state index contributed by atoms with van der Waals surface area (Å²) in [6, 6.07) is 48.6. The van der Waals surface area contributed by atoms with Gasteiger partial charge in [0.1, 0.15) is 29.3 Å². The van der Waals surface area contributed by atoms with Crippen molar-refractivity contribution in [3.63, 3.8) is 0 Å². The Morgan fingerprint density at radius 1 is 0.460 bits per heavy atom. The van der Waals surface area contributed by atoms with Crippen molar-refractivity contribution >= 4 is 55.8 Å². The Labute approximate surface area is 301 Å². The molecule has 0 spiro atoms. The molecule has 0 aliphatic rings. The van der Waals surface area contributed by atoms with Gasteiger partial charge in [0.25, 0.3) is 0 Å². The van der Waals surface area contributed by atoms with Crippen LogP contribution in [0.15, 0.2) is 140 Å². The third-order valence-electron chi connectivity index (χ3n) is 9.60. The molecule has 4 nitrogen and oxygen atoms in total. The number of hydrogen-bond acceptors (Lipinski definition) is 3. The van der Waals surface area contributed by atoms with Crippen molar-refractivity contribution < 1.29 is 9.47 Å². The fraction of sp³-hybridized carbons (Fsp3) is 0.182. The number of rotatable bonds is 12. The zero-order valence-electron chi connectivity index (χ0n) is 29.2. The van der Waals surface area contributed by atoms with Gasteiger partial charge >= 0.3 is 0 Å². The van der Waals surface area contributed by atoms with Crippen molar-refractivity contribution in [2.24, 2.45) is 0 Å². The van der Waals surface area contributed by atoms with E-state index in [0.717, 1.165) is 87.2 Å². The summed E-state index contributed by atoms with van der Waals surface area (Å²) in [4.78, 5) is 0. The molecule has 50 heavy (non-hydrogen) atoms. The average Bonchev–Trinajstić information content (AvgIpc) is 3.15. The summed E-state index contributed by atoms with van der Waals surface area (Å²) in [6.07, 6.45) is -2.67. The second-order valence-electron chi connectivity index (χ2n) is 12.3. The molecule has 0 N–H and O–H groups in total. The van der Waals surface area contributed by atoms with E-state index in [9.17, 15) is 0 Å². The first-order valence-electron chi connectivity index (χ1n) is 17.6. The molecule has 7 aromatic rings. The fourth-order valence-corrected chi connectivity index (χ4v) is 12.3. The van der Waals surface area contributed by atoms with E-state index in [1.165, 1.54) is 10.8 Å². The summed E-state index contributed by atoms with van der Waals surface area (Å²) in [6.45, 7) is 12.0. The Morgan fingerprint density at radius 2 is 0.840 bits per heavy atom. The lowest BCUT2D eigenvalue weighted by Crippen LogP contribution is -2.38. The quantitative estimate of drug-likeness (QED) is 0.119. The molecular formula is C44H43N2O2PS. The van der Waals surface area contributed by atoms with Crippen molar-refractivity contribution in [1.82, 2.24) is 9.34 Å². The van der Waals surface area contributed by atoms with Crippen molar-refractivity contribution in [3.8, 4) is 34.1 Å². The molecule has 252 valence electrons. The van der Waals surface area contributed by atoms with E-state index in [2.05, 4.69) is 177 Å². The Hall–Kier alpha value is -4.51. The van der Waals surface area contributed by atoms with Gasteiger partial charge in [0.15, 0.2) is 0 Å². The van der Waals surface area contributed by atoms with Crippen LogP contribution in [0.3, 0.4) is 0 Å². The Balaban J connectivity index is 1.59. The largest absolute Gasteiger partial charge is 0.456 e. The molecule has 0 aliphatic carbocycles. The maximum absolute atomic E-state index is 7.22. The van der Waals surface area contributed by atoms with E-state index in [1.807, 2.05) is 0 Å². The molecule has 0 aromatic heterocycles. The molecule has 0 aliphatic heterocycles. The second-order valence-corrected chi connectivity index (χ2v) is 16.5. The molecular weight excluding hydrogens is 652 g/mol. The van der Waals surface area contributed by atoms with Crippen LogP contribution >= 0.6 is 6.34 Å². The predicted octanol–water partition coefficient (Wildman–Crippen LogP) is 12.0. The first kappa shape index (κ1) is 34.0. The highest BCUT2D eigenvalue weighted by atomic mass is 32.4. The summed E-state index contributed by atoms with van der Waals surface area (Å²) >= 11 is 7.05. The van der Waals surface area contributed by atoms with Gasteiger partial charge in [-0.2, -0.15) is 0 Å². The lowest BCUT2D eigenvalue weighted by atomic mass is 9.98. The molecule has 0 atom stereocenters. The van der Waals surface area contributed by atoms with Crippen LogP contribution in [0.4, 0.5) is 0 Å². The van der Waals surface area contributed by atoms with Gasteiger partial charge in [0.2, 0.25) is 0 Å². The molecule has 0 fully saturated rings. The number of nitrogens with zero attached hydrogens (tertiary/aromatic N) is 2. The van der Waals surface area contributed by atoms with Crippen LogP contribution in [-0.4, -0.2) is 35.5 Å². The average molecular weight is 695 g/mol. The summed E-state index contributed by atoms with van der Waals surface area (Å²) in [5, 5.41) is 7.62. The molecule has 0 heterocycles. The SMILES string of the molecule is CCN(CC)P(=S)(c1c(Oc2cccc3ccccc23)cc(-c2cccc3ccccc23)cc1Oc1cccc2ccccc12)N(CC)CC. The van der Waals surface area contributed by atoms with Crippen LogP contribution < -0.4 is 14.8 Å². The highest BCUT2D eigenvalue weighted by Crippen LogP contribution is 2.58. The number of fused-ring (bicyclic) bond motifs is 3. The number of ether oxygens (including phenoxy) is 2. The highest BCUT2D eigenvalue weighted by molar-refractivity contribution is 8.16. The molecule has 7 aromatic carbocycles. The van der Waals surface area contributed by atoms with Gasteiger partial charge in [-0.25, -0.2) is 0 Å². The molecule has 0 unspecified atom stereocenters. The van der Waals surface area contributed by atoms with E-state index >= 15 is 0 Å². The maximum Gasteiger partial charge on any atom is 0.142 e. The monoisotopic (exact) mass is 694 g/mol. The zero-order valence-corrected chi connectivity index (χ0v) is 30.9. The molecule has 0 saturated heterocycles. The topological polar surface area (TPSA) is 24.9 Å². The van der Waals surface area contributed by atoms with E-state index in [4.69, 9.17) is 21.3 Å². The van der Waals surface area contributed by atoms with Gasteiger partial charge < -0.3 is 9.47 Å². The molecule has 0 radical (unpaired) electrons. The van der Waals surface area contributed by atoms with Gasteiger partial charge in [0, 0.05) is 37.0 Å². The Morgan fingerprint density at radius 3 is 1.30 bits per heavy atom. The van der Waals surface area contributed by atoms with Crippen LogP contribution in [0.25, 0.3) is 43.4 Å². The third kappa shape index (κ3) is 6.20. The van der Waals surface area contributed by atoms with Gasteiger partial charge in [-0.3, -0.25) is 9.34 Å². The van der Waals surface area contributed by atoms with E-state index in [-0.39, 0.29) is 0 Å². The standard InChI is InChI=1S/C44H43N2O2PS/c1-5-45(6-2)49(50,46(7-3)8-4)44-42(47-40-28-16-22-33-19-10-13-25-38(33)40)30-35(37-27-15-21-32-18-9-12-24-36(32)37)31-43(44)48-41-29-17-23-34-20-11-14-26-39(34)41/h9-31H,5-8H2,1-4H3. The van der Waals surface area contributed by atoms with Crippen molar-refractivity contribution in [3.05, 3.63) is 140 Å². The van der Waals surface area contributed by atoms with Crippen LogP contribution in [-0.2, 0) is 11.8 Å². The second kappa shape index (κ2) is 14.8. The molecule has 6 heteroatoms. The van der Waals surface area contributed by atoms with Crippen molar-refractivity contribution in [2.75, 3.05) is 26.2 Å². The lowest BCUT2D eigenvalue weighted by Gasteiger charge is -2.42. The van der Waals surface area contributed by atoms with Crippen LogP contribution in [0.5, 0.6) is 23.0 Å². The van der Waals surface area contributed by atoms with Crippen LogP contribution in [0, 0.1) is 0 Å². The molecule has 0 bridgehead atoms. The van der Waals surface area contributed by atoms with Gasteiger partial charge in [-0.1, -0.05) is 155 Å². The molecule has 0 amide bonds. The Kier molecular flexibility index (Phi) is 10.0. The lowest BCUT2D eigenvalue weighted by molar-refractivity contribution is 0.422. The van der Waals surface area contributed by atoms with E-state index in [0.29, 0.717) is 0 Å². The minimum atomic E-state index is -2.67. The van der Waals surface area contributed by atoms with Crippen molar-refractivity contribution in [1.29, 1.82) is 0 Å². The van der Waals surface area contributed by atoms with Gasteiger partial charge in [-0.15, -0.1) is 0 Å². The van der Waals surface area contributed by atoms with Crippen LogP contribution in [0.2, 0.25) is 0 Å². The summed E-state index contributed by atoms with van der Waals surface area (Å²) < 4.78 is 19.3.